The molecule has 3 aliphatic carbocycles. The van der Waals surface area contributed by atoms with Crippen LogP contribution in [0.15, 0.2) is 24.3 Å². The van der Waals surface area contributed by atoms with E-state index >= 15 is 0 Å². The van der Waals surface area contributed by atoms with E-state index in [1.165, 1.54) is 24.0 Å². The van der Waals surface area contributed by atoms with E-state index in [2.05, 4.69) is 29.2 Å². The molecule has 0 unspecified atom stereocenters. The Kier molecular flexibility index (Phi) is 4.43. The van der Waals surface area contributed by atoms with Gasteiger partial charge in [0.05, 0.1) is 6.54 Å². The van der Waals surface area contributed by atoms with Gasteiger partial charge in [-0.15, -0.1) is 0 Å². The van der Waals surface area contributed by atoms with Crippen LogP contribution in [0.1, 0.15) is 49.3 Å². The van der Waals surface area contributed by atoms with Crippen LogP contribution in [0.3, 0.4) is 0 Å². The van der Waals surface area contributed by atoms with Gasteiger partial charge >= 0.3 is 0 Å². The molecular weight excluding hydrogens is 338 g/mol. The SMILES string of the molecule is O=C(CN(C1CC1)[C@@H]1CCc2ccccc21)N1CCN(C(=O)C2CC2)CC1. The fourth-order valence-corrected chi connectivity index (χ4v) is 4.80. The Hall–Kier alpha value is -1.88. The highest BCUT2D eigenvalue weighted by Gasteiger charge is 2.40. The third kappa shape index (κ3) is 3.49. The minimum absolute atomic E-state index is 0.241. The van der Waals surface area contributed by atoms with E-state index in [1.54, 1.807) is 0 Å². The van der Waals surface area contributed by atoms with Gasteiger partial charge in [0.1, 0.15) is 0 Å². The summed E-state index contributed by atoms with van der Waals surface area (Å²) in [6.07, 6.45) is 6.80. The Morgan fingerprint density at radius 3 is 2.33 bits per heavy atom. The molecule has 144 valence electrons. The van der Waals surface area contributed by atoms with Crippen LogP contribution in [0.5, 0.6) is 0 Å². The first-order chi connectivity index (χ1) is 13.2. The highest BCUT2D eigenvalue weighted by atomic mass is 16.2. The summed E-state index contributed by atoms with van der Waals surface area (Å²) in [4.78, 5) is 31.6. The lowest BCUT2D eigenvalue weighted by Crippen LogP contribution is -2.53. The van der Waals surface area contributed by atoms with E-state index in [9.17, 15) is 9.59 Å². The average Bonchev–Trinajstić information content (AvgIpc) is 3.62. The predicted molar refractivity (Wildman–Crippen MR) is 103 cm³/mol. The molecule has 0 bridgehead atoms. The molecule has 0 spiro atoms. The van der Waals surface area contributed by atoms with Crippen molar-refractivity contribution in [3.63, 3.8) is 0 Å². The maximum Gasteiger partial charge on any atom is 0.236 e. The summed E-state index contributed by atoms with van der Waals surface area (Å²) in [6, 6.07) is 9.70. The summed E-state index contributed by atoms with van der Waals surface area (Å²) in [5.74, 6) is 0.828. The summed E-state index contributed by atoms with van der Waals surface area (Å²) < 4.78 is 0. The van der Waals surface area contributed by atoms with Crippen LogP contribution in [0.2, 0.25) is 0 Å². The van der Waals surface area contributed by atoms with Gasteiger partial charge in [0, 0.05) is 44.2 Å². The Morgan fingerprint density at radius 1 is 0.926 bits per heavy atom. The quantitative estimate of drug-likeness (QED) is 0.802. The zero-order chi connectivity index (χ0) is 18.4. The number of benzene rings is 1. The molecule has 1 aromatic carbocycles. The van der Waals surface area contributed by atoms with Crippen molar-refractivity contribution < 1.29 is 9.59 Å². The molecule has 3 fully saturated rings. The smallest absolute Gasteiger partial charge is 0.236 e. The highest BCUT2D eigenvalue weighted by Crippen LogP contribution is 2.41. The van der Waals surface area contributed by atoms with Gasteiger partial charge in [0.2, 0.25) is 11.8 Å². The second-order valence-electron chi connectivity index (χ2n) is 8.64. The number of amides is 2. The van der Waals surface area contributed by atoms with Crippen molar-refractivity contribution in [1.82, 2.24) is 14.7 Å². The van der Waals surface area contributed by atoms with Crippen LogP contribution >= 0.6 is 0 Å². The maximum atomic E-state index is 13.0. The van der Waals surface area contributed by atoms with Crippen LogP contribution < -0.4 is 0 Å². The first-order valence-electron chi connectivity index (χ1n) is 10.6. The molecule has 0 aromatic heterocycles. The fourth-order valence-electron chi connectivity index (χ4n) is 4.80. The Labute approximate surface area is 161 Å². The summed E-state index contributed by atoms with van der Waals surface area (Å²) in [5.41, 5.74) is 2.88. The summed E-state index contributed by atoms with van der Waals surface area (Å²) in [5, 5.41) is 0. The number of hydrogen-bond donors (Lipinski definition) is 0. The number of fused-ring (bicyclic) bond motifs is 1. The van der Waals surface area contributed by atoms with Gasteiger partial charge in [-0.1, -0.05) is 24.3 Å². The van der Waals surface area contributed by atoms with E-state index in [4.69, 9.17) is 0 Å². The largest absolute Gasteiger partial charge is 0.339 e. The maximum absolute atomic E-state index is 13.0. The molecule has 5 rings (SSSR count). The molecule has 0 radical (unpaired) electrons. The lowest BCUT2D eigenvalue weighted by molar-refractivity contribution is -0.141. The molecule has 1 atom stereocenters. The third-order valence-electron chi connectivity index (χ3n) is 6.71. The minimum atomic E-state index is 0.241. The number of hydrogen-bond acceptors (Lipinski definition) is 3. The standard InChI is InChI=1S/C22H29N3O2/c26-21(23-11-13-24(14-12-23)22(27)17-5-6-17)15-25(18-8-9-18)20-10-7-16-3-1-2-4-19(16)20/h1-4,17-18,20H,5-15H2/t20-/m1/s1. The van der Waals surface area contributed by atoms with Crippen LogP contribution in [0.25, 0.3) is 0 Å². The number of nitrogens with zero attached hydrogens (tertiary/aromatic N) is 3. The molecule has 1 aromatic rings. The number of piperazine rings is 1. The zero-order valence-electron chi connectivity index (χ0n) is 16.0. The Bertz CT molecular complexity index is 733. The van der Waals surface area contributed by atoms with Gasteiger partial charge in [-0.3, -0.25) is 14.5 Å². The van der Waals surface area contributed by atoms with Crippen molar-refractivity contribution in [2.24, 2.45) is 5.92 Å². The number of aryl methyl sites for hydroxylation is 1. The second kappa shape index (κ2) is 6.93. The molecule has 4 aliphatic rings. The van der Waals surface area contributed by atoms with Crippen LogP contribution in [-0.4, -0.2) is 65.3 Å². The topological polar surface area (TPSA) is 43.9 Å². The van der Waals surface area contributed by atoms with Crippen molar-refractivity contribution in [3.8, 4) is 0 Å². The van der Waals surface area contributed by atoms with E-state index < -0.39 is 0 Å². The zero-order valence-corrected chi connectivity index (χ0v) is 16.0. The lowest BCUT2D eigenvalue weighted by Gasteiger charge is -2.37. The van der Waals surface area contributed by atoms with Gasteiger partial charge in [-0.2, -0.15) is 0 Å². The van der Waals surface area contributed by atoms with Gasteiger partial charge in [-0.25, -0.2) is 0 Å². The van der Waals surface area contributed by atoms with Gasteiger partial charge in [0.15, 0.2) is 0 Å². The van der Waals surface area contributed by atoms with E-state index in [0.717, 1.165) is 25.7 Å². The van der Waals surface area contributed by atoms with Crippen LogP contribution in [0.4, 0.5) is 0 Å². The van der Waals surface area contributed by atoms with E-state index in [1.807, 2.05) is 9.80 Å². The van der Waals surface area contributed by atoms with Crippen molar-refractivity contribution >= 4 is 11.8 Å². The summed E-state index contributed by atoms with van der Waals surface area (Å²) in [6.45, 7) is 3.32. The number of carbonyl (C=O) groups excluding carboxylic acids is 2. The molecule has 1 saturated heterocycles. The van der Waals surface area contributed by atoms with E-state index in [0.29, 0.717) is 50.7 Å². The summed E-state index contributed by atoms with van der Waals surface area (Å²) >= 11 is 0. The number of carbonyl (C=O) groups is 2. The minimum Gasteiger partial charge on any atom is -0.339 e. The first-order valence-corrected chi connectivity index (χ1v) is 10.6. The number of rotatable bonds is 5. The third-order valence-corrected chi connectivity index (χ3v) is 6.71. The summed E-state index contributed by atoms with van der Waals surface area (Å²) in [7, 11) is 0. The molecule has 1 aliphatic heterocycles. The first kappa shape index (κ1) is 17.2. The molecule has 1 heterocycles. The normalized spacial score (nSPS) is 25.0. The van der Waals surface area contributed by atoms with Crippen LogP contribution in [-0.2, 0) is 16.0 Å². The van der Waals surface area contributed by atoms with Crippen molar-refractivity contribution in [2.45, 2.75) is 50.6 Å². The van der Waals surface area contributed by atoms with Gasteiger partial charge in [0.25, 0.3) is 0 Å². The molecule has 2 amide bonds. The fraction of sp³-hybridized carbons (Fsp3) is 0.636. The van der Waals surface area contributed by atoms with Gasteiger partial charge in [-0.05, 0) is 49.7 Å². The Balaban J connectivity index is 1.21. The molecule has 5 heteroatoms. The average molecular weight is 367 g/mol. The molecule has 5 nitrogen and oxygen atoms in total. The second-order valence-corrected chi connectivity index (χ2v) is 8.64. The van der Waals surface area contributed by atoms with E-state index in [-0.39, 0.29) is 11.8 Å². The Morgan fingerprint density at radius 2 is 1.63 bits per heavy atom. The monoisotopic (exact) mass is 367 g/mol. The highest BCUT2D eigenvalue weighted by molar-refractivity contribution is 5.82. The van der Waals surface area contributed by atoms with Gasteiger partial charge < -0.3 is 9.80 Å². The molecule has 2 saturated carbocycles. The van der Waals surface area contributed by atoms with Crippen LogP contribution in [0, 0.1) is 5.92 Å². The molecule has 0 N–H and O–H groups in total. The van der Waals surface area contributed by atoms with Crippen molar-refractivity contribution in [3.05, 3.63) is 35.4 Å². The molecular formula is C22H29N3O2. The molecule has 27 heavy (non-hydrogen) atoms. The predicted octanol–water partition coefficient (Wildman–Crippen LogP) is 2.22. The van der Waals surface area contributed by atoms with Crippen molar-refractivity contribution in [2.75, 3.05) is 32.7 Å². The van der Waals surface area contributed by atoms with Crippen molar-refractivity contribution in [1.29, 1.82) is 0 Å². The lowest BCUT2D eigenvalue weighted by atomic mass is 10.1.